The smallest absolute Gasteiger partial charge is 0.193 e. The van der Waals surface area contributed by atoms with Gasteiger partial charge < -0.3 is 11.5 Å². The summed E-state index contributed by atoms with van der Waals surface area (Å²) in [5.74, 6) is 0.910. The summed E-state index contributed by atoms with van der Waals surface area (Å²) in [6.07, 6.45) is 8.46. The predicted molar refractivity (Wildman–Crippen MR) is 49.8 cm³/mol. The molecule has 2 rings (SSSR count). The number of nitrogen functional groups attached to an aromatic ring is 2. The van der Waals surface area contributed by atoms with E-state index in [0.29, 0.717) is 11.6 Å². The van der Waals surface area contributed by atoms with Crippen molar-refractivity contribution in [2.24, 2.45) is 0 Å². The lowest BCUT2D eigenvalue weighted by Crippen LogP contribution is -2.01. The van der Waals surface area contributed by atoms with Crippen LogP contribution in [0, 0.1) is 6.08 Å². The summed E-state index contributed by atoms with van der Waals surface area (Å²) in [6, 6.07) is 1.79. The van der Waals surface area contributed by atoms with E-state index in [1.807, 2.05) is 12.2 Å². The third-order valence-electron chi connectivity index (χ3n) is 1.73. The Balaban J connectivity index is 2.71. The molecule has 0 atom stereocenters. The second kappa shape index (κ2) is 2.32. The van der Waals surface area contributed by atoms with E-state index in [4.69, 9.17) is 11.5 Å². The van der Waals surface area contributed by atoms with Gasteiger partial charge in [0.1, 0.15) is 29.1 Å². The Morgan fingerprint density at radius 2 is 2.17 bits per heavy atom. The molecule has 0 spiro atoms. The van der Waals surface area contributed by atoms with Crippen molar-refractivity contribution in [2.75, 3.05) is 11.5 Å². The maximum Gasteiger partial charge on any atom is 0.193 e. The van der Waals surface area contributed by atoms with Crippen LogP contribution in [-0.4, -0.2) is 4.98 Å². The quantitative estimate of drug-likeness (QED) is 0.555. The minimum absolute atomic E-state index is 0.450. The summed E-state index contributed by atoms with van der Waals surface area (Å²) >= 11 is 0. The lowest BCUT2D eigenvalue weighted by atomic mass is 10.0. The second-order valence-corrected chi connectivity index (χ2v) is 2.58. The third kappa shape index (κ3) is 0.929. The number of allylic oxidation sites excluding steroid dienone is 2. The molecular formula is C9H8N3+. The molecule has 0 amide bonds. The average Bonchev–Trinajstić information content (AvgIpc) is 2.04. The highest BCUT2D eigenvalue weighted by molar-refractivity contribution is 5.77. The Labute approximate surface area is 70.4 Å². The van der Waals surface area contributed by atoms with E-state index in [2.05, 4.69) is 11.1 Å². The van der Waals surface area contributed by atoms with E-state index in [9.17, 15) is 0 Å². The first-order valence-corrected chi connectivity index (χ1v) is 3.59. The normalized spacial score (nSPS) is 12.3. The van der Waals surface area contributed by atoms with Gasteiger partial charge in [-0.05, 0) is 0 Å². The van der Waals surface area contributed by atoms with Gasteiger partial charge in [0, 0.05) is 12.1 Å². The van der Waals surface area contributed by atoms with Gasteiger partial charge in [-0.3, -0.25) is 0 Å². The molecule has 3 heteroatoms. The van der Waals surface area contributed by atoms with E-state index in [1.165, 1.54) is 0 Å². The van der Waals surface area contributed by atoms with Crippen molar-refractivity contribution < 1.29 is 0 Å². The largest absolute Gasteiger partial charge is 0.383 e. The molecule has 4 N–H and O–H groups in total. The molecule has 1 aromatic heterocycles. The number of fused-ring (bicyclic) bond motifs is 1. The number of anilines is 2. The number of nitrogens with zero attached hydrogens (tertiary/aromatic N) is 1. The van der Waals surface area contributed by atoms with Crippen LogP contribution in [0.4, 0.5) is 11.6 Å². The Morgan fingerprint density at radius 3 is 3.00 bits per heavy atom. The van der Waals surface area contributed by atoms with Crippen LogP contribution in [0.1, 0.15) is 11.1 Å². The van der Waals surface area contributed by atoms with Gasteiger partial charge in [0.05, 0.1) is 6.08 Å². The van der Waals surface area contributed by atoms with Crippen LogP contribution >= 0.6 is 0 Å². The fourth-order valence-electron chi connectivity index (χ4n) is 1.18. The molecule has 3 nitrogen and oxygen atoms in total. The Morgan fingerprint density at radius 1 is 1.33 bits per heavy atom. The molecule has 0 unspecified atom stereocenters. The molecule has 0 aromatic carbocycles. The van der Waals surface area contributed by atoms with Crippen LogP contribution in [0.2, 0.25) is 0 Å². The van der Waals surface area contributed by atoms with Crippen LogP contribution in [-0.2, 0) is 0 Å². The van der Waals surface area contributed by atoms with Crippen LogP contribution < -0.4 is 11.5 Å². The van der Waals surface area contributed by atoms with E-state index in [0.717, 1.165) is 11.1 Å². The van der Waals surface area contributed by atoms with Gasteiger partial charge in [0.25, 0.3) is 0 Å². The van der Waals surface area contributed by atoms with Crippen molar-refractivity contribution in [3.05, 3.63) is 29.3 Å². The van der Waals surface area contributed by atoms with Crippen molar-refractivity contribution in [3.63, 3.8) is 0 Å². The predicted octanol–water partition coefficient (Wildman–Crippen LogP) is 1.09. The number of hydrogen-bond donors (Lipinski definition) is 2. The summed E-state index contributed by atoms with van der Waals surface area (Å²) in [5, 5.41) is 0. The van der Waals surface area contributed by atoms with Gasteiger partial charge in [-0.15, -0.1) is 0 Å². The number of pyridine rings is 1. The zero-order valence-corrected chi connectivity index (χ0v) is 6.41. The molecule has 0 bridgehead atoms. The molecule has 1 aromatic rings. The van der Waals surface area contributed by atoms with Crippen molar-refractivity contribution >= 4 is 23.8 Å². The molecule has 0 saturated carbocycles. The molecule has 1 aliphatic rings. The van der Waals surface area contributed by atoms with Crippen molar-refractivity contribution in [2.45, 2.75) is 0 Å². The summed E-state index contributed by atoms with van der Waals surface area (Å²) in [4.78, 5) is 3.94. The zero-order valence-electron chi connectivity index (χ0n) is 6.41. The van der Waals surface area contributed by atoms with Crippen molar-refractivity contribution in [1.29, 1.82) is 0 Å². The lowest BCUT2D eigenvalue weighted by molar-refractivity contribution is 1.32. The molecule has 1 heterocycles. The van der Waals surface area contributed by atoms with E-state index in [1.54, 1.807) is 12.1 Å². The van der Waals surface area contributed by atoms with Crippen molar-refractivity contribution in [1.82, 2.24) is 4.98 Å². The van der Waals surface area contributed by atoms with Gasteiger partial charge in [0.15, 0.2) is 5.82 Å². The first-order valence-electron chi connectivity index (χ1n) is 3.59. The molecule has 58 valence electrons. The van der Waals surface area contributed by atoms with Gasteiger partial charge >= 0.3 is 0 Å². The van der Waals surface area contributed by atoms with E-state index in [-0.39, 0.29) is 0 Å². The lowest BCUT2D eigenvalue weighted by Gasteiger charge is -2.00. The minimum Gasteiger partial charge on any atom is -0.383 e. The highest BCUT2D eigenvalue weighted by Gasteiger charge is 2.14. The highest BCUT2D eigenvalue weighted by atomic mass is 14.9. The van der Waals surface area contributed by atoms with Gasteiger partial charge in [-0.2, -0.15) is 0 Å². The molecule has 0 fully saturated rings. The van der Waals surface area contributed by atoms with E-state index >= 15 is 0 Å². The van der Waals surface area contributed by atoms with Gasteiger partial charge in [-0.1, -0.05) is 0 Å². The van der Waals surface area contributed by atoms with Crippen LogP contribution in [0.15, 0.2) is 12.1 Å². The van der Waals surface area contributed by atoms with Gasteiger partial charge in [-0.25, -0.2) is 4.98 Å². The summed E-state index contributed by atoms with van der Waals surface area (Å²) in [6.45, 7) is 0. The topological polar surface area (TPSA) is 64.9 Å². The fraction of sp³-hybridized carbons (Fsp3) is 0. The average molecular weight is 158 g/mol. The Kier molecular flexibility index (Phi) is 1.32. The summed E-state index contributed by atoms with van der Waals surface area (Å²) in [7, 11) is 0. The van der Waals surface area contributed by atoms with Crippen LogP contribution in [0.5, 0.6) is 0 Å². The number of rotatable bonds is 0. The first-order chi connectivity index (χ1) is 5.77. The summed E-state index contributed by atoms with van der Waals surface area (Å²) < 4.78 is 0. The molecule has 0 saturated heterocycles. The first kappa shape index (κ1) is 6.83. The Bertz CT molecular complexity index is 378. The summed E-state index contributed by atoms with van der Waals surface area (Å²) in [5.41, 5.74) is 13.1. The van der Waals surface area contributed by atoms with E-state index < -0.39 is 0 Å². The number of nitrogens with two attached hydrogens (primary N) is 2. The highest BCUT2D eigenvalue weighted by Crippen LogP contribution is 2.23. The third-order valence-corrected chi connectivity index (χ3v) is 1.73. The SMILES string of the molecule is Nc1cc2c(c(N)n1)C=[C+]C=C2. The zero-order chi connectivity index (χ0) is 8.55. The van der Waals surface area contributed by atoms with Gasteiger partial charge in [0.2, 0.25) is 0 Å². The van der Waals surface area contributed by atoms with Crippen LogP contribution in [0.3, 0.4) is 0 Å². The fourth-order valence-corrected chi connectivity index (χ4v) is 1.18. The molecule has 12 heavy (non-hydrogen) atoms. The maximum absolute atomic E-state index is 5.65. The molecule has 1 aliphatic carbocycles. The number of hydrogen-bond acceptors (Lipinski definition) is 3. The molecular weight excluding hydrogens is 150 g/mol. The number of aromatic nitrogens is 1. The molecule has 0 aliphatic heterocycles. The Hall–Kier alpha value is -1.86. The molecule has 0 radical (unpaired) electrons. The van der Waals surface area contributed by atoms with Crippen LogP contribution in [0.25, 0.3) is 12.2 Å². The monoisotopic (exact) mass is 158 g/mol. The van der Waals surface area contributed by atoms with Crippen molar-refractivity contribution in [3.8, 4) is 0 Å². The minimum atomic E-state index is 0.450. The maximum atomic E-state index is 5.65. The standard InChI is InChI=1S/C9H8N3/c10-8-5-6-3-1-2-4-7(6)9(11)12-8/h1,3-5H,(H4,10,11,12)/q+1. The second-order valence-electron chi connectivity index (χ2n) is 2.58.